The molecule has 0 saturated heterocycles. The minimum absolute atomic E-state index is 0.0464. The smallest absolute Gasteiger partial charge is 0.315 e. The van der Waals surface area contributed by atoms with Crippen LogP contribution in [0.2, 0.25) is 0 Å². The van der Waals surface area contributed by atoms with Gasteiger partial charge in [-0.15, -0.1) is 0 Å². The second-order valence-electron chi connectivity index (χ2n) is 5.98. The standard InChI is InChI=1S/C19H22N2O3/c22-13-16(10-14-6-2-1-3-7-14)21-19(23)20-12-17-11-15-8-4-5-9-18(15)24-17/h1-9,16-17,22H,10-13H2,(H2,20,21,23)/t16-,17-/m0/s1. The van der Waals surface area contributed by atoms with Crippen molar-refractivity contribution in [2.45, 2.75) is 25.0 Å². The zero-order valence-corrected chi connectivity index (χ0v) is 13.4. The van der Waals surface area contributed by atoms with Crippen LogP contribution in [0.5, 0.6) is 5.75 Å². The fourth-order valence-corrected chi connectivity index (χ4v) is 2.87. The van der Waals surface area contributed by atoms with Crippen LogP contribution in [-0.2, 0) is 12.8 Å². The fourth-order valence-electron chi connectivity index (χ4n) is 2.87. The molecule has 2 amide bonds. The van der Waals surface area contributed by atoms with Crippen molar-refractivity contribution in [3.63, 3.8) is 0 Å². The number of nitrogens with one attached hydrogen (secondary N) is 2. The number of aliphatic hydroxyl groups is 1. The van der Waals surface area contributed by atoms with Gasteiger partial charge in [0.25, 0.3) is 0 Å². The van der Waals surface area contributed by atoms with Crippen LogP contribution in [0.3, 0.4) is 0 Å². The molecule has 2 aromatic carbocycles. The third kappa shape index (κ3) is 4.26. The first-order valence-electron chi connectivity index (χ1n) is 8.18. The number of carbonyl (C=O) groups excluding carboxylic acids is 1. The van der Waals surface area contributed by atoms with Gasteiger partial charge in [0.05, 0.1) is 19.2 Å². The molecule has 1 aliphatic rings. The van der Waals surface area contributed by atoms with E-state index in [0.717, 1.165) is 17.7 Å². The molecule has 126 valence electrons. The lowest BCUT2D eigenvalue weighted by Crippen LogP contribution is -2.47. The summed E-state index contributed by atoms with van der Waals surface area (Å²) in [5, 5.41) is 15.1. The molecule has 3 rings (SSSR count). The van der Waals surface area contributed by atoms with Crippen LogP contribution in [0, 0.1) is 0 Å². The molecule has 0 fully saturated rings. The quantitative estimate of drug-likeness (QED) is 0.759. The van der Waals surface area contributed by atoms with Crippen LogP contribution in [0.15, 0.2) is 54.6 Å². The Balaban J connectivity index is 1.44. The first-order chi connectivity index (χ1) is 11.7. The van der Waals surface area contributed by atoms with Crippen LogP contribution in [-0.4, -0.2) is 36.4 Å². The Bertz CT molecular complexity index is 650. The van der Waals surface area contributed by atoms with Crippen molar-refractivity contribution in [2.75, 3.05) is 13.2 Å². The largest absolute Gasteiger partial charge is 0.488 e. The average Bonchev–Trinajstić information content (AvgIpc) is 3.03. The van der Waals surface area contributed by atoms with Crippen molar-refractivity contribution < 1.29 is 14.6 Å². The highest BCUT2D eigenvalue weighted by atomic mass is 16.5. The Morgan fingerprint density at radius 3 is 2.67 bits per heavy atom. The number of benzene rings is 2. The maximum atomic E-state index is 12.0. The number of hydrogen-bond donors (Lipinski definition) is 3. The SMILES string of the molecule is O=C(NC[C@@H]1Cc2ccccc2O1)N[C@H](CO)Cc1ccccc1. The number of rotatable bonds is 6. The molecule has 1 aliphatic heterocycles. The van der Waals surface area contributed by atoms with Crippen LogP contribution >= 0.6 is 0 Å². The molecule has 0 aliphatic carbocycles. The average molecular weight is 326 g/mol. The Morgan fingerprint density at radius 1 is 1.17 bits per heavy atom. The number of urea groups is 1. The molecule has 0 saturated carbocycles. The topological polar surface area (TPSA) is 70.6 Å². The molecule has 3 N–H and O–H groups in total. The molecule has 2 atom stereocenters. The van der Waals surface area contributed by atoms with E-state index in [1.165, 1.54) is 5.56 Å². The van der Waals surface area contributed by atoms with Gasteiger partial charge in [-0.2, -0.15) is 0 Å². The molecule has 2 aromatic rings. The van der Waals surface area contributed by atoms with E-state index in [9.17, 15) is 9.90 Å². The van der Waals surface area contributed by atoms with Gasteiger partial charge < -0.3 is 20.5 Å². The molecular weight excluding hydrogens is 304 g/mol. The van der Waals surface area contributed by atoms with E-state index in [2.05, 4.69) is 10.6 Å². The second-order valence-corrected chi connectivity index (χ2v) is 5.98. The van der Waals surface area contributed by atoms with Gasteiger partial charge in [-0.25, -0.2) is 4.79 Å². The zero-order chi connectivity index (χ0) is 16.8. The highest BCUT2D eigenvalue weighted by molar-refractivity contribution is 5.74. The maximum absolute atomic E-state index is 12.0. The molecule has 24 heavy (non-hydrogen) atoms. The molecule has 5 nitrogen and oxygen atoms in total. The molecule has 0 bridgehead atoms. The van der Waals surface area contributed by atoms with Gasteiger partial charge in [-0.05, 0) is 23.6 Å². The van der Waals surface area contributed by atoms with Gasteiger partial charge >= 0.3 is 6.03 Å². The lowest BCUT2D eigenvalue weighted by atomic mass is 10.1. The molecule has 0 radical (unpaired) electrons. The Morgan fingerprint density at radius 2 is 1.92 bits per heavy atom. The number of amides is 2. The van der Waals surface area contributed by atoms with E-state index in [1.54, 1.807) is 0 Å². The van der Waals surface area contributed by atoms with E-state index in [4.69, 9.17) is 4.74 Å². The highest BCUT2D eigenvalue weighted by Crippen LogP contribution is 2.27. The van der Waals surface area contributed by atoms with Gasteiger partial charge in [0.15, 0.2) is 0 Å². The van der Waals surface area contributed by atoms with Crippen LogP contribution in [0.4, 0.5) is 4.79 Å². The van der Waals surface area contributed by atoms with Crippen molar-refractivity contribution in [2.24, 2.45) is 0 Å². The first kappa shape index (κ1) is 16.3. The minimum Gasteiger partial charge on any atom is -0.488 e. The maximum Gasteiger partial charge on any atom is 0.315 e. The monoisotopic (exact) mass is 326 g/mol. The minimum atomic E-state index is -0.311. The summed E-state index contributed by atoms with van der Waals surface area (Å²) in [5.74, 6) is 0.891. The lowest BCUT2D eigenvalue weighted by Gasteiger charge is -2.18. The van der Waals surface area contributed by atoms with E-state index >= 15 is 0 Å². The molecule has 5 heteroatoms. The van der Waals surface area contributed by atoms with Gasteiger partial charge in [0.1, 0.15) is 11.9 Å². The van der Waals surface area contributed by atoms with Crippen molar-refractivity contribution >= 4 is 6.03 Å². The predicted molar refractivity (Wildman–Crippen MR) is 92.1 cm³/mol. The molecule has 0 spiro atoms. The van der Waals surface area contributed by atoms with Crippen LogP contribution in [0.25, 0.3) is 0 Å². The zero-order valence-electron chi connectivity index (χ0n) is 13.4. The van der Waals surface area contributed by atoms with Crippen molar-refractivity contribution in [3.8, 4) is 5.75 Å². The van der Waals surface area contributed by atoms with Gasteiger partial charge in [0.2, 0.25) is 0 Å². The Labute approximate surface area is 141 Å². The summed E-state index contributed by atoms with van der Waals surface area (Å²) in [4.78, 5) is 12.0. The number of fused-ring (bicyclic) bond motifs is 1. The number of carbonyl (C=O) groups is 1. The third-order valence-electron chi connectivity index (χ3n) is 4.08. The van der Waals surface area contributed by atoms with Crippen LogP contribution in [0.1, 0.15) is 11.1 Å². The summed E-state index contributed by atoms with van der Waals surface area (Å²) >= 11 is 0. The van der Waals surface area contributed by atoms with E-state index in [1.807, 2.05) is 54.6 Å². The summed E-state index contributed by atoms with van der Waals surface area (Å²) in [6.07, 6.45) is 1.34. The number of para-hydroxylation sites is 1. The molecular formula is C19H22N2O3. The van der Waals surface area contributed by atoms with Gasteiger partial charge in [0, 0.05) is 6.42 Å². The summed E-state index contributed by atoms with van der Waals surface area (Å²) in [6, 6.07) is 17.1. The summed E-state index contributed by atoms with van der Waals surface area (Å²) in [7, 11) is 0. The van der Waals surface area contributed by atoms with Crippen molar-refractivity contribution in [1.29, 1.82) is 0 Å². The highest BCUT2D eigenvalue weighted by Gasteiger charge is 2.23. The van der Waals surface area contributed by atoms with Gasteiger partial charge in [-0.1, -0.05) is 48.5 Å². The fraction of sp³-hybridized carbons (Fsp3) is 0.316. The predicted octanol–water partition coefficient (Wildman–Crippen LogP) is 1.89. The molecule has 1 heterocycles. The second kappa shape index (κ2) is 7.84. The Hall–Kier alpha value is -2.53. The summed E-state index contributed by atoms with van der Waals surface area (Å²) in [5.41, 5.74) is 2.24. The first-order valence-corrected chi connectivity index (χ1v) is 8.18. The molecule has 0 unspecified atom stereocenters. The van der Waals surface area contributed by atoms with Gasteiger partial charge in [-0.3, -0.25) is 0 Å². The molecule has 0 aromatic heterocycles. The normalized spacial score (nSPS) is 16.8. The Kier molecular flexibility index (Phi) is 5.33. The van der Waals surface area contributed by atoms with E-state index in [-0.39, 0.29) is 24.8 Å². The van der Waals surface area contributed by atoms with E-state index in [0.29, 0.717) is 13.0 Å². The lowest BCUT2D eigenvalue weighted by molar-refractivity contribution is 0.202. The van der Waals surface area contributed by atoms with Crippen LogP contribution < -0.4 is 15.4 Å². The third-order valence-corrected chi connectivity index (χ3v) is 4.08. The number of aliphatic hydroxyl groups excluding tert-OH is 1. The number of hydrogen-bond acceptors (Lipinski definition) is 3. The summed E-state index contributed by atoms with van der Waals surface area (Å²) in [6.45, 7) is 0.331. The van der Waals surface area contributed by atoms with Crippen molar-refractivity contribution in [1.82, 2.24) is 10.6 Å². The van der Waals surface area contributed by atoms with Crippen molar-refractivity contribution in [3.05, 3.63) is 65.7 Å². The number of ether oxygens (including phenoxy) is 1. The van der Waals surface area contributed by atoms with E-state index < -0.39 is 0 Å². The summed E-state index contributed by atoms with van der Waals surface area (Å²) < 4.78 is 5.79.